The predicted molar refractivity (Wildman–Crippen MR) is 85.3 cm³/mol. The van der Waals surface area contributed by atoms with Gasteiger partial charge in [0.15, 0.2) is 12.1 Å². The second-order valence-electron chi connectivity index (χ2n) is 5.45. The zero-order valence-corrected chi connectivity index (χ0v) is 14.4. The lowest BCUT2D eigenvalue weighted by Crippen LogP contribution is -2.22. The van der Waals surface area contributed by atoms with Gasteiger partial charge in [0.1, 0.15) is 5.69 Å². The largest absolute Gasteiger partial charge is 0.354 e. The maximum atomic E-state index is 5.87. The van der Waals surface area contributed by atoms with Crippen LogP contribution in [-0.4, -0.2) is 23.0 Å². The topological polar surface area (TPSA) is 57.4 Å². The minimum Gasteiger partial charge on any atom is -0.354 e. The Hall–Kier alpha value is -1.24. The van der Waals surface area contributed by atoms with E-state index >= 15 is 0 Å². The lowest BCUT2D eigenvalue weighted by molar-refractivity contribution is -0.168. The highest BCUT2D eigenvalue weighted by Crippen LogP contribution is 2.28. The van der Waals surface area contributed by atoms with Crippen molar-refractivity contribution < 1.29 is 14.0 Å². The molecule has 5 nitrogen and oxygen atoms in total. The van der Waals surface area contributed by atoms with Gasteiger partial charge in [-0.1, -0.05) is 5.16 Å². The van der Waals surface area contributed by atoms with E-state index in [4.69, 9.17) is 14.0 Å². The van der Waals surface area contributed by atoms with Crippen LogP contribution >= 0.6 is 15.9 Å². The maximum absolute atomic E-state index is 5.87. The maximum Gasteiger partial charge on any atom is 0.190 e. The van der Waals surface area contributed by atoms with E-state index in [1.54, 1.807) is 0 Å². The zero-order valence-electron chi connectivity index (χ0n) is 12.8. The van der Waals surface area contributed by atoms with E-state index in [-0.39, 0.29) is 6.29 Å². The van der Waals surface area contributed by atoms with E-state index < -0.39 is 0 Å². The molecule has 1 atom stereocenters. The van der Waals surface area contributed by atoms with E-state index in [1.807, 2.05) is 26.0 Å². The smallest absolute Gasteiger partial charge is 0.190 e. The first-order valence-electron chi connectivity index (χ1n) is 7.47. The van der Waals surface area contributed by atoms with E-state index in [0.29, 0.717) is 12.4 Å². The Morgan fingerprint density at radius 2 is 2.14 bits per heavy atom. The number of nitrogens with zero attached hydrogens (tertiary/aromatic N) is 2. The van der Waals surface area contributed by atoms with Gasteiger partial charge in [0.05, 0.1) is 23.6 Å². The molecule has 6 heteroatoms. The molecule has 0 spiro atoms. The highest BCUT2D eigenvalue weighted by atomic mass is 79.9. The summed E-state index contributed by atoms with van der Waals surface area (Å²) in [5, 5.41) is 4.06. The van der Waals surface area contributed by atoms with Crippen molar-refractivity contribution in [1.82, 2.24) is 10.1 Å². The number of aromatic nitrogens is 2. The molecule has 1 aliphatic rings. The quantitative estimate of drug-likeness (QED) is 0.812. The first kappa shape index (κ1) is 15.6. The molecular weight excluding hydrogens is 348 g/mol. The van der Waals surface area contributed by atoms with Crippen molar-refractivity contribution >= 4 is 15.9 Å². The van der Waals surface area contributed by atoms with Crippen molar-refractivity contribution in [3.63, 3.8) is 0 Å². The second kappa shape index (κ2) is 6.89. The fourth-order valence-electron chi connectivity index (χ4n) is 2.45. The molecule has 3 rings (SSSR count). The molecule has 0 N–H and O–H groups in total. The number of pyridine rings is 1. The first-order chi connectivity index (χ1) is 10.6. The molecule has 0 radical (unpaired) electrons. The van der Waals surface area contributed by atoms with Crippen molar-refractivity contribution in [2.45, 2.75) is 46.0 Å². The molecule has 0 aliphatic carbocycles. The van der Waals surface area contributed by atoms with Crippen LogP contribution in [0.2, 0.25) is 0 Å². The Balaban J connectivity index is 1.79. The van der Waals surface area contributed by atoms with Crippen LogP contribution in [0.5, 0.6) is 0 Å². The van der Waals surface area contributed by atoms with Gasteiger partial charge < -0.3 is 14.0 Å². The first-order valence-corrected chi connectivity index (χ1v) is 8.26. The predicted octanol–water partition coefficient (Wildman–Crippen LogP) is 4.16. The summed E-state index contributed by atoms with van der Waals surface area (Å²) in [6.07, 6.45) is 3.07. The van der Waals surface area contributed by atoms with Gasteiger partial charge in [-0.3, -0.25) is 0 Å². The Kier molecular flexibility index (Phi) is 4.90. The SMILES string of the molecule is Cc1nc(-c2onc(C)c2COC2CCCCO2)ccc1Br. The third kappa shape index (κ3) is 3.39. The summed E-state index contributed by atoms with van der Waals surface area (Å²) in [4.78, 5) is 4.54. The van der Waals surface area contributed by atoms with Gasteiger partial charge in [-0.15, -0.1) is 0 Å². The highest BCUT2D eigenvalue weighted by Gasteiger charge is 2.20. The Morgan fingerprint density at radius 1 is 1.27 bits per heavy atom. The summed E-state index contributed by atoms with van der Waals surface area (Å²) in [5.41, 5.74) is 3.44. The second-order valence-corrected chi connectivity index (χ2v) is 6.30. The third-order valence-corrected chi connectivity index (χ3v) is 4.63. The average Bonchev–Trinajstić information content (AvgIpc) is 2.90. The number of hydrogen-bond acceptors (Lipinski definition) is 5. The minimum absolute atomic E-state index is 0.129. The minimum atomic E-state index is -0.129. The molecule has 1 saturated heterocycles. The van der Waals surface area contributed by atoms with Crippen LogP contribution in [0, 0.1) is 13.8 Å². The van der Waals surface area contributed by atoms with E-state index in [0.717, 1.165) is 53.0 Å². The van der Waals surface area contributed by atoms with Gasteiger partial charge >= 0.3 is 0 Å². The lowest BCUT2D eigenvalue weighted by atomic mass is 10.1. The monoisotopic (exact) mass is 366 g/mol. The fraction of sp³-hybridized carbons (Fsp3) is 0.500. The normalized spacial score (nSPS) is 18.6. The number of hydrogen-bond donors (Lipinski definition) is 0. The zero-order chi connectivity index (χ0) is 15.5. The van der Waals surface area contributed by atoms with Crippen molar-refractivity contribution in [3.05, 3.63) is 33.6 Å². The number of aryl methyl sites for hydroxylation is 2. The van der Waals surface area contributed by atoms with Gasteiger partial charge in [-0.25, -0.2) is 4.98 Å². The Bertz CT molecular complexity index is 651. The molecule has 1 aliphatic heterocycles. The van der Waals surface area contributed by atoms with Crippen LogP contribution in [0.15, 0.2) is 21.1 Å². The molecule has 22 heavy (non-hydrogen) atoms. The molecule has 2 aromatic heterocycles. The molecular formula is C16H19BrN2O3. The summed E-state index contributed by atoms with van der Waals surface area (Å²) >= 11 is 3.46. The van der Waals surface area contributed by atoms with Crippen molar-refractivity contribution in [2.24, 2.45) is 0 Å². The standard InChI is InChI=1S/C16H19BrN2O3/c1-10-12(9-21-15-5-3-4-8-20-15)16(22-19-10)14-7-6-13(17)11(2)18-14/h6-7,15H,3-5,8-9H2,1-2H3. The summed E-state index contributed by atoms with van der Waals surface area (Å²) in [7, 11) is 0. The molecule has 1 fully saturated rings. The number of ether oxygens (including phenoxy) is 2. The van der Waals surface area contributed by atoms with Crippen molar-refractivity contribution in [3.8, 4) is 11.5 Å². The van der Waals surface area contributed by atoms with Gasteiger partial charge in [-0.05, 0) is 61.2 Å². The molecule has 0 aromatic carbocycles. The van der Waals surface area contributed by atoms with Crippen LogP contribution in [-0.2, 0) is 16.1 Å². The van der Waals surface area contributed by atoms with Gasteiger partial charge in [0.25, 0.3) is 0 Å². The highest BCUT2D eigenvalue weighted by molar-refractivity contribution is 9.10. The van der Waals surface area contributed by atoms with Crippen molar-refractivity contribution in [2.75, 3.05) is 6.61 Å². The molecule has 0 saturated carbocycles. The molecule has 2 aromatic rings. The Morgan fingerprint density at radius 3 is 2.86 bits per heavy atom. The average molecular weight is 367 g/mol. The van der Waals surface area contributed by atoms with Crippen LogP contribution in [0.25, 0.3) is 11.5 Å². The lowest BCUT2D eigenvalue weighted by Gasteiger charge is -2.22. The molecule has 0 bridgehead atoms. The van der Waals surface area contributed by atoms with Crippen LogP contribution < -0.4 is 0 Å². The van der Waals surface area contributed by atoms with Gasteiger partial charge in [0, 0.05) is 11.1 Å². The van der Waals surface area contributed by atoms with Crippen LogP contribution in [0.3, 0.4) is 0 Å². The summed E-state index contributed by atoms with van der Waals surface area (Å²) in [6, 6.07) is 3.88. The van der Waals surface area contributed by atoms with E-state index in [9.17, 15) is 0 Å². The van der Waals surface area contributed by atoms with Crippen LogP contribution in [0.1, 0.15) is 36.2 Å². The molecule has 118 valence electrons. The number of halogens is 1. The van der Waals surface area contributed by atoms with E-state index in [1.165, 1.54) is 0 Å². The van der Waals surface area contributed by atoms with E-state index in [2.05, 4.69) is 26.1 Å². The fourth-order valence-corrected chi connectivity index (χ4v) is 2.67. The summed E-state index contributed by atoms with van der Waals surface area (Å²) in [6.45, 7) is 5.06. The third-order valence-electron chi connectivity index (χ3n) is 3.79. The summed E-state index contributed by atoms with van der Waals surface area (Å²) < 4.78 is 17.9. The number of rotatable bonds is 4. The molecule has 3 heterocycles. The Labute approximate surface area is 138 Å². The van der Waals surface area contributed by atoms with Crippen molar-refractivity contribution in [1.29, 1.82) is 0 Å². The molecule has 1 unspecified atom stereocenters. The summed E-state index contributed by atoms with van der Waals surface area (Å²) in [5.74, 6) is 0.670. The van der Waals surface area contributed by atoms with Crippen LogP contribution in [0.4, 0.5) is 0 Å². The van der Waals surface area contributed by atoms with Gasteiger partial charge in [0.2, 0.25) is 0 Å². The molecule has 0 amide bonds. The van der Waals surface area contributed by atoms with Gasteiger partial charge in [-0.2, -0.15) is 0 Å².